The van der Waals surface area contributed by atoms with Crippen LogP contribution < -0.4 is 5.48 Å². The molecule has 1 unspecified atom stereocenters. The molecule has 0 spiro atoms. The number of hydrogen-bond acceptors (Lipinski definition) is 2. The molecule has 0 saturated heterocycles. The minimum absolute atomic E-state index is 0.326. The lowest BCUT2D eigenvalue weighted by Crippen LogP contribution is -2.29. The molecule has 2 aliphatic rings. The Bertz CT molecular complexity index is 598. The smallest absolute Gasteiger partial charge is 0.0790 e. The van der Waals surface area contributed by atoms with E-state index in [2.05, 4.69) is 34.7 Å². The van der Waals surface area contributed by atoms with Gasteiger partial charge in [0.1, 0.15) is 0 Å². The van der Waals surface area contributed by atoms with Gasteiger partial charge in [0.15, 0.2) is 0 Å². The van der Waals surface area contributed by atoms with Crippen molar-refractivity contribution in [3.05, 3.63) is 35.5 Å². The molecule has 3 nitrogen and oxygen atoms in total. The van der Waals surface area contributed by atoms with Gasteiger partial charge in [-0.15, -0.1) is 0 Å². The van der Waals surface area contributed by atoms with Crippen LogP contribution in [0.3, 0.4) is 0 Å². The number of H-pyrrole nitrogens is 1. The first-order valence-corrected chi connectivity index (χ1v) is 7.92. The summed E-state index contributed by atoms with van der Waals surface area (Å²) in [6, 6.07) is 8.95. The second kappa shape index (κ2) is 5.23. The highest BCUT2D eigenvalue weighted by Crippen LogP contribution is 2.35. The van der Waals surface area contributed by atoms with Crippen LogP contribution in [-0.4, -0.2) is 11.1 Å². The van der Waals surface area contributed by atoms with Crippen LogP contribution in [0.4, 0.5) is 0 Å². The number of hydrogen-bond donors (Lipinski definition) is 2. The van der Waals surface area contributed by atoms with Gasteiger partial charge in [-0.25, -0.2) is 0 Å². The summed E-state index contributed by atoms with van der Waals surface area (Å²) in [7, 11) is 0. The molecule has 3 heteroatoms. The number of fused-ring (bicyclic) bond motifs is 3. The molecule has 1 aromatic heterocycles. The van der Waals surface area contributed by atoms with Gasteiger partial charge in [0.05, 0.1) is 12.1 Å². The predicted molar refractivity (Wildman–Crippen MR) is 80.5 cm³/mol. The maximum absolute atomic E-state index is 5.93. The van der Waals surface area contributed by atoms with E-state index in [1.54, 1.807) is 0 Å². The van der Waals surface area contributed by atoms with E-state index in [1.807, 2.05) is 0 Å². The van der Waals surface area contributed by atoms with Crippen molar-refractivity contribution in [2.45, 2.75) is 57.1 Å². The van der Waals surface area contributed by atoms with E-state index in [0.717, 1.165) is 6.42 Å². The van der Waals surface area contributed by atoms with Crippen LogP contribution in [-0.2, 0) is 11.3 Å². The number of para-hydroxylation sites is 1. The molecular formula is C17H22N2O. The Hall–Kier alpha value is -1.32. The fourth-order valence-corrected chi connectivity index (χ4v) is 3.72. The second-order valence-electron chi connectivity index (χ2n) is 6.15. The Labute approximate surface area is 119 Å². The molecule has 2 aliphatic carbocycles. The molecule has 1 saturated carbocycles. The van der Waals surface area contributed by atoms with Gasteiger partial charge in [0.2, 0.25) is 0 Å². The Kier molecular flexibility index (Phi) is 3.25. The zero-order valence-corrected chi connectivity index (χ0v) is 11.8. The summed E-state index contributed by atoms with van der Waals surface area (Å²) < 4.78 is 0. The standard InChI is InChI=1S/C17H22N2O/c1-2-7-12(6-1)20-19-16-11-5-9-14-13-8-3-4-10-15(13)18-17(14)16/h3-4,8,10,12,16,18-19H,1-2,5-7,9,11H2. The summed E-state index contributed by atoms with van der Waals surface area (Å²) >= 11 is 0. The Morgan fingerprint density at radius 3 is 2.80 bits per heavy atom. The van der Waals surface area contributed by atoms with E-state index >= 15 is 0 Å². The molecule has 2 aromatic rings. The molecule has 20 heavy (non-hydrogen) atoms. The fourth-order valence-electron chi connectivity index (χ4n) is 3.72. The van der Waals surface area contributed by atoms with E-state index in [0.29, 0.717) is 12.1 Å². The molecule has 0 amide bonds. The first kappa shape index (κ1) is 12.4. The second-order valence-corrected chi connectivity index (χ2v) is 6.15. The summed E-state index contributed by atoms with van der Waals surface area (Å²) in [4.78, 5) is 9.52. The molecule has 2 N–H and O–H groups in total. The number of aryl methyl sites for hydroxylation is 1. The summed E-state index contributed by atoms with van der Waals surface area (Å²) in [5.41, 5.74) is 7.43. The van der Waals surface area contributed by atoms with Crippen molar-refractivity contribution in [1.29, 1.82) is 0 Å². The molecule has 106 valence electrons. The number of rotatable bonds is 3. The van der Waals surface area contributed by atoms with Gasteiger partial charge in [-0.05, 0) is 43.7 Å². The summed E-state index contributed by atoms with van der Waals surface area (Å²) in [6.45, 7) is 0. The van der Waals surface area contributed by atoms with Crippen LogP contribution in [0.15, 0.2) is 24.3 Å². The largest absolute Gasteiger partial charge is 0.357 e. The monoisotopic (exact) mass is 270 g/mol. The zero-order chi connectivity index (χ0) is 13.4. The van der Waals surface area contributed by atoms with Crippen LogP contribution >= 0.6 is 0 Å². The van der Waals surface area contributed by atoms with Crippen LogP contribution in [0.2, 0.25) is 0 Å². The first-order chi connectivity index (χ1) is 9.92. The number of aromatic amines is 1. The molecule has 0 radical (unpaired) electrons. The van der Waals surface area contributed by atoms with E-state index in [1.165, 1.54) is 60.7 Å². The Morgan fingerprint density at radius 1 is 1.05 bits per heavy atom. The third kappa shape index (κ3) is 2.15. The molecular weight excluding hydrogens is 248 g/mol. The normalized spacial score (nSPS) is 23.3. The van der Waals surface area contributed by atoms with Gasteiger partial charge in [-0.2, -0.15) is 5.48 Å². The number of hydroxylamine groups is 1. The highest BCUT2D eigenvalue weighted by atomic mass is 16.7. The van der Waals surface area contributed by atoms with Crippen molar-refractivity contribution < 1.29 is 4.84 Å². The van der Waals surface area contributed by atoms with Crippen LogP contribution in [0.25, 0.3) is 10.9 Å². The van der Waals surface area contributed by atoms with Crippen LogP contribution in [0.5, 0.6) is 0 Å². The number of aromatic nitrogens is 1. The van der Waals surface area contributed by atoms with Crippen molar-refractivity contribution >= 4 is 10.9 Å². The molecule has 0 bridgehead atoms. The topological polar surface area (TPSA) is 37.0 Å². The number of benzene rings is 1. The third-order valence-electron chi connectivity index (χ3n) is 4.79. The van der Waals surface area contributed by atoms with Crippen molar-refractivity contribution in [3.63, 3.8) is 0 Å². The van der Waals surface area contributed by atoms with Crippen molar-refractivity contribution in [2.24, 2.45) is 0 Å². The molecule has 1 heterocycles. The summed E-state index contributed by atoms with van der Waals surface area (Å²) in [5, 5.41) is 1.38. The van der Waals surface area contributed by atoms with Gasteiger partial charge < -0.3 is 4.98 Å². The van der Waals surface area contributed by atoms with Gasteiger partial charge in [-0.1, -0.05) is 31.0 Å². The highest BCUT2D eigenvalue weighted by Gasteiger charge is 2.25. The average molecular weight is 270 g/mol. The zero-order valence-electron chi connectivity index (χ0n) is 11.8. The lowest BCUT2D eigenvalue weighted by atomic mass is 9.92. The van der Waals surface area contributed by atoms with Crippen molar-refractivity contribution in [1.82, 2.24) is 10.5 Å². The Morgan fingerprint density at radius 2 is 1.90 bits per heavy atom. The highest BCUT2D eigenvalue weighted by molar-refractivity contribution is 5.85. The van der Waals surface area contributed by atoms with Gasteiger partial charge in [0, 0.05) is 16.6 Å². The number of nitrogens with one attached hydrogen (secondary N) is 2. The molecule has 0 aliphatic heterocycles. The molecule has 4 rings (SSSR count). The maximum Gasteiger partial charge on any atom is 0.0790 e. The Balaban J connectivity index is 1.57. The summed E-state index contributed by atoms with van der Waals surface area (Å²) in [5.74, 6) is 0. The van der Waals surface area contributed by atoms with Gasteiger partial charge in [0.25, 0.3) is 0 Å². The minimum atomic E-state index is 0.326. The van der Waals surface area contributed by atoms with Crippen molar-refractivity contribution in [2.75, 3.05) is 0 Å². The molecule has 1 aromatic carbocycles. The van der Waals surface area contributed by atoms with Crippen molar-refractivity contribution in [3.8, 4) is 0 Å². The first-order valence-electron chi connectivity index (χ1n) is 7.92. The van der Waals surface area contributed by atoms with E-state index < -0.39 is 0 Å². The van der Waals surface area contributed by atoms with Gasteiger partial charge >= 0.3 is 0 Å². The third-order valence-corrected chi connectivity index (χ3v) is 4.79. The van der Waals surface area contributed by atoms with E-state index in [9.17, 15) is 0 Å². The fraction of sp³-hybridized carbons (Fsp3) is 0.529. The van der Waals surface area contributed by atoms with Gasteiger partial charge in [-0.3, -0.25) is 4.84 Å². The van der Waals surface area contributed by atoms with E-state index in [4.69, 9.17) is 4.84 Å². The van der Waals surface area contributed by atoms with E-state index in [-0.39, 0.29) is 0 Å². The SMILES string of the molecule is c1ccc2c3c([nH]c2c1)C(NOC1CCCC1)CCC3. The maximum atomic E-state index is 5.93. The lowest BCUT2D eigenvalue weighted by molar-refractivity contribution is -0.0442. The van der Waals surface area contributed by atoms with Crippen LogP contribution in [0, 0.1) is 0 Å². The minimum Gasteiger partial charge on any atom is -0.357 e. The van der Waals surface area contributed by atoms with Crippen LogP contribution in [0.1, 0.15) is 55.8 Å². The predicted octanol–water partition coefficient (Wildman–Crippen LogP) is 4.01. The average Bonchev–Trinajstić information content (AvgIpc) is 3.12. The quantitative estimate of drug-likeness (QED) is 0.827. The summed E-state index contributed by atoms with van der Waals surface area (Å²) in [6.07, 6.45) is 9.04. The lowest BCUT2D eigenvalue weighted by Gasteiger charge is -2.25. The molecule has 1 fully saturated rings. The molecule has 1 atom stereocenters.